The van der Waals surface area contributed by atoms with Gasteiger partial charge in [-0.3, -0.25) is 0 Å². The molecule has 2 heteroatoms. The molecule has 0 amide bonds. The van der Waals surface area contributed by atoms with E-state index in [2.05, 4.69) is 23.5 Å². The van der Waals surface area contributed by atoms with Crippen LogP contribution in [0.1, 0.15) is 31.2 Å². The molecule has 86 valence electrons. The predicted molar refractivity (Wildman–Crippen MR) is 66.1 cm³/mol. The van der Waals surface area contributed by atoms with Gasteiger partial charge in [0.1, 0.15) is 5.75 Å². The Kier molecular flexibility index (Phi) is 2.73. The van der Waals surface area contributed by atoms with Gasteiger partial charge in [-0.2, -0.15) is 0 Å². The predicted octanol–water partition coefficient (Wildman–Crippen LogP) is 3.22. The van der Waals surface area contributed by atoms with E-state index in [1.54, 1.807) is 0 Å². The Bertz CT molecular complexity index is 369. The van der Waals surface area contributed by atoms with Gasteiger partial charge in [0, 0.05) is 6.54 Å². The molecule has 1 fully saturated rings. The van der Waals surface area contributed by atoms with Gasteiger partial charge in [-0.25, -0.2) is 0 Å². The van der Waals surface area contributed by atoms with E-state index in [0.717, 1.165) is 31.2 Å². The zero-order valence-corrected chi connectivity index (χ0v) is 9.67. The van der Waals surface area contributed by atoms with E-state index < -0.39 is 0 Å². The van der Waals surface area contributed by atoms with E-state index in [9.17, 15) is 0 Å². The first kappa shape index (κ1) is 10.0. The molecule has 1 aliphatic carbocycles. The van der Waals surface area contributed by atoms with Crippen molar-refractivity contribution in [3.63, 3.8) is 0 Å². The van der Waals surface area contributed by atoms with Crippen molar-refractivity contribution in [3.05, 3.63) is 23.8 Å². The molecule has 0 aromatic heterocycles. The Morgan fingerprint density at radius 1 is 1.25 bits per heavy atom. The topological polar surface area (TPSA) is 21.3 Å². The van der Waals surface area contributed by atoms with Crippen molar-refractivity contribution < 1.29 is 4.74 Å². The largest absolute Gasteiger partial charge is 0.491 e. The second kappa shape index (κ2) is 4.36. The summed E-state index contributed by atoms with van der Waals surface area (Å²) in [4.78, 5) is 0. The highest BCUT2D eigenvalue weighted by Gasteiger charge is 2.18. The molecule has 1 saturated carbocycles. The minimum atomic E-state index is 0.789. The molecule has 0 spiro atoms. The molecule has 1 aromatic rings. The van der Waals surface area contributed by atoms with Crippen molar-refractivity contribution in [2.24, 2.45) is 5.92 Å². The van der Waals surface area contributed by atoms with Gasteiger partial charge in [0.05, 0.1) is 12.3 Å². The highest BCUT2D eigenvalue weighted by Crippen LogP contribution is 2.33. The smallest absolute Gasteiger partial charge is 0.142 e. The second-order valence-corrected chi connectivity index (χ2v) is 4.93. The van der Waals surface area contributed by atoms with Gasteiger partial charge >= 0.3 is 0 Å². The highest BCUT2D eigenvalue weighted by atomic mass is 16.5. The number of nitrogens with one attached hydrogen (secondary N) is 1. The Morgan fingerprint density at radius 3 is 3.00 bits per heavy atom. The SMILES string of the molecule is c1cc2c(c(OCC3CCCC3)c1)NCC2. The molecule has 1 heterocycles. The number of para-hydroxylation sites is 1. The number of hydrogen-bond acceptors (Lipinski definition) is 2. The molecule has 1 N–H and O–H groups in total. The van der Waals surface area contributed by atoms with Crippen LogP contribution in [-0.4, -0.2) is 13.2 Å². The quantitative estimate of drug-likeness (QED) is 0.839. The summed E-state index contributed by atoms with van der Waals surface area (Å²) in [5.41, 5.74) is 2.64. The van der Waals surface area contributed by atoms with Crippen LogP contribution in [-0.2, 0) is 6.42 Å². The number of benzene rings is 1. The molecule has 0 atom stereocenters. The molecule has 1 aliphatic heterocycles. The lowest BCUT2D eigenvalue weighted by Crippen LogP contribution is -2.09. The first-order valence-electron chi connectivity index (χ1n) is 6.42. The van der Waals surface area contributed by atoms with E-state index in [1.165, 1.54) is 36.9 Å². The minimum Gasteiger partial charge on any atom is -0.491 e. The highest BCUT2D eigenvalue weighted by molar-refractivity contribution is 5.65. The lowest BCUT2D eigenvalue weighted by molar-refractivity contribution is 0.253. The molecule has 0 unspecified atom stereocenters. The maximum absolute atomic E-state index is 5.97. The van der Waals surface area contributed by atoms with Gasteiger partial charge in [0.25, 0.3) is 0 Å². The van der Waals surface area contributed by atoms with Gasteiger partial charge in [-0.15, -0.1) is 0 Å². The van der Waals surface area contributed by atoms with E-state index in [4.69, 9.17) is 4.74 Å². The fraction of sp³-hybridized carbons (Fsp3) is 0.571. The summed E-state index contributed by atoms with van der Waals surface area (Å²) in [6.07, 6.45) is 6.61. The van der Waals surface area contributed by atoms with Crippen LogP contribution in [0.15, 0.2) is 18.2 Å². The molecule has 0 saturated heterocycles. The fourth-order valence-corrected chi connectivity index (χ4v) is 2.81. The summed E-state index contributed by atoms with van der Waals surface area (Å²) in [6.45, 7) is 1.96. The lowest BCUT2D eigenvalue weighted by atomic mass is 10.1. The van der Waals surface area contributed by atoms with Crippen LogP contribution in [0, 0.1) is 5.92 Å². The van der Waals surface area contributed by atoms with Crippen LogP contribution in [0.4, 0.5) is 5.69 Å². The van der Waals surface area contributed by atoms with Crippen molar-refractivity contribution >= 4 is 5.69 Å². The molecule has 3 rings (SSSR count). The summed E-state index contributed by atoms with van der Waals surface area (Å²) < 4.78 is 5.97. The first-order chi connectivity index (χ1) is 7.93. The van der Waals surface area contributed by atoms with Crippen LogP contribution < -0.4 is 10.1 Å². The molecular weight excluding hydrogens is 198 g/mol. The zero-order chi connectivity index (χ0) is 10.8. The molecule has 1 aromatic carbocycles. The van der Waals surface area contributed by atoms with Crippen LogP contribution in [0.2, 0.25) is 0 Å². The Labute approximate surface area is 97.0 Å². The zero-order valence-electron chi connectivity index (χ0n) is 9.67. The molecule has 0 radical (unpaired) electrons. The third-order valence-corrected chi connectivity index (χ3v) is 3.76. The van der Waals surface area contributed by atoms with E-state index >= 15 is 0 Å². The van der Waals surface area contributed by atoms with Crippen LogP contribution in [0.25, 0.3) is 0 Å². The van der Waals surface area contributed by atoms with E-state index in [0.29, 0.717) is 0 Å². The first-order valence-corrected chi connectivity index (χ1v) is 6.42. The number of rotatable bonds is 3. The van der Waals surface area contributed by atoms with Crippen LogP contribution in [0.3, 0.4) is 0 Å². The fourth-order valence-electron chi connectivity index (χ4n) is 2.81. The normalized spacial score (nSPS) is 19.5. The van der Waals surface area contributed by atoms with Gasteiger partial charge in [0.2, 0.25) is 0 Å². The Morgan fingerprint density at radius 2 is 2.12 bits per heavy atom. The monoisotopic (exact) mass is 217 g/mol. The summed E-state index contributed by atoms with van der Waals surface area (Å²) >= 11 is 0. The van der Waals surface area contributed by atoms with Crippen LogP contribution >= 0.6 is 0 Å². The summed E-state index contributed by atoms with van der Waals surface area (Å²) in [7, 11) is 0. The van der Waals surface area contributed by atoms with E-state index in [1.807, 2.05) is 0 Å². The standard InChI is InChI=1S/C14H19NO/c1-2-5-11(4-1)10-16-13-7-3-6-12-8-9-15-14(12)13/h3,6-7,11,15H,1-2,4-5,8-10H2. The molecule has 2 nitrogen and oxygen atoms in total. The summed E-state index contributed by atoms with van der Waals surface area (Å²) in [6, 6.07) is 6.39. The molecule has 16 heavy (non-hydrogen) atoms. The summed E-state index contributed by atoms with van der Waals surface area (Å²) in [5, 5.41) is 3.42. The summed E-state index contributed by atoms with van der Waals surface area (Å²) in [5.74, 6) is 1.85. The second-order valence-electron chi connectivity index (χ2n) is 4.93. The number of fused-ring (bicyclic) bond motifs is 1. The van der Waals surface area contributed by atoms with Crippen molar-refractivity contribution in [2.75, 3.05) is 18.5 Å². The molecule has 2 aliphatic rings. The molecule has 0 bridgehead atoms. The molecular formula is C14H19NO. The third kappa shape index (κ3) is 1.89. The van der Waals surface area contributed by atoms with Gasteiger partial charge < -0.3 is 10.1 Å². The van der Waals surface area contributed by atoms with Crippen molar-refractivity contribution in [1.82, 2.24) is 0 Å². The Balaban J connectivity index is 1.67. The average molecular weight is 217 g/mol. The average Bonchev–Trinajstić information content (AvgIpc) is 2.97. The van der Waals surface area contributed by atoms with Crippen molar-refractivity contribution in [2.45, 2.75) is 32.1 Å². The van der Waals surface area contributed by atoms with Crippen LogP contribution in [0.5, 0.6) is 5.75 Å². The number of anilines is 1. The van der Waals surface area contributed by atoms with Gasteiger partial charge in [-0.05, 0) is 36.8 Å². The van der Waals surface area contributed by atoms with E-state index in [-0.39, 0.29) is 0 Å². The lowest BCUT2D eigenvalue weighted by Gasteiger charge is -2.14. The number of ether oxygens (including phenoxy) is 1. The number of hydrogen-bond donors (Lipinski definition) is 1. The minimum absolute atomic E-state index is 0.789. The Hall–Kier alpha value is -1.18. The maximum atomic E-state index is 5.97. The van der Waals surface area contributed by atoms with Gasteiger partial charge in [0.15, 0.2) is 0 Å². The van der Waals surface area contributed by atoms with Crippen molar-refractivity contribution in [3.8, 4) is 5.75 Å². The maximum Gasteiger partial charge on any atom is 0.142 e. The van der Waals surface area contributed by atoms with Crippen molar-refractivity contribution in [1.29, 1.82) is 0 Å². The van der Waals surface area contributed by atoms with Gasteiger partial charge in [-0.1, -0.05) is 25.0 Å². The third-order valence-electron chi connectivity index (χ3n) is 3.76.